The average Bonchev–Trinajstić information content (AvgIpc) is 3.17. The Kier molecular flexibility index (Phi) is 4.50. The van der Waals surface area contributed by atoms with E-state index in [1.54, 1.807) is 29.0 Å². The number of anilines is 1. The first-order valence-corrected chi connectivity index (χ1v) is 7.80. The molecule has 3 heterocycles. The number of carbonyl (C=O) groups excluding carboxylic acids is 1. The van der Waals surface area contributed by atoms with Crippen LogP contribution in [0.4, 0.5) is 5.69 Å². The van der Waals surface area contributed by atoms with Gasteiger partial charge in [0.05, 0.1) is 24.1 Å². The molecule has 1 N–H and O–H groups in total. The Morgan fingerprint density at radius 2 is 2.17 bits per heavy atom. The minimum atomic E-state index is 0.0396. The van der Waals surface area contributed by atoms with Gasteiger partial charge in [0.15, 0.2) is 5.96 Å². The van der Waals surface area contributed by atoms with Crippen LogP contribution in [0.1, 0.15) is 5.69 Å². The molecule has 0 saturated carbocycles. The summed E-state index contributed by atoms with van der Waals surface area (Å²) >= 11 is 0. The molecule has 1 aliphatic rings. The van der Waals surface area contributed by atoms with E-state index < -0.39 is 0 Å². The first-order chi connectivity index (χ1) is 11.6. The normalized spacial score (nSPS) is 16.0. The summed E-state index contributed by atoms with van der Waals surface area (Å²) in [4.78, 5) is 20.5. The van der Waals surface area contributed by atoms with Crippen LogP contribution in [-0.4, -0.2) is 63.0 Å². The van der Waals surface area contributed by atoms with Crippen molar-refractivity contribution in [1.29, 1.82) is 0 Å². The maximum atomic E-state index is 12.5. The minimum Gasteiger partial charge on any atom is -0.351 e. The number of carbonyl (C=O) groups is 1. The van der Waals surface area contributed by atoms with Crippen LogP contribution in [0.2, 0.25) is 0 Å². The molecule has 9 heteroatoms. The number of hydrogen-bond donors (Lipinski definition) is 1. The van der Waals surface area contributed by atoms with Gasteiger partial charge in [-0.2, -0.15) is 10.2 Å². The summed E-state index contributed by atoms with van der Waals surface area (Å²) in [6, 6.07) is 1.95. The molecule has 0 bridgehead atoms. The molecule has 1 amide bonds. The highest BCUT2D eigenvalue weighted by Crippen LogP contribution is 2.16. The third-order valence-corrected chi connectivity index (χ3v) is 4.09. The molecule has 1 aliphatic heterocycles. The van der Waals surface area contributed by atoms with Gasteiger partial charge in [-0.1, -0.05) is 0 Å². The van der Waals surface area contributed by atoms with Crippen LogP contribution in [0.5, 0.6) is 0 Å². The summed E-state index contributed by atoms with van der Waals surface area (Å²) in [7, 11) is 5.47. The number of piperazine rings is 1. The number of guanidine groups is 1. The summed E-state index contributed by atoms with van der Waals surface area (Å²) in [6.45, 7) is 2.22. The van der Waals surface area contributed by atoms with Gasteiger partial charge in [-0.05, 0) is 6.07 Å². The summed E-state index contributed by atoms with van der Waals surface area (Å²) < 4.78 is 3.51. The van der Waals surface area contributed by atoms with E-state index in [4.69, 9.17) is 0 Å². The second kappa shape index (κ2) is 6.73. The van der Waals surface area contributed by atoms with E-state index >= 15 is 0 Å². The summed E-state index contributed by atoms with van der Waals surface area (Å²) in [5, 5.41) is 11.6. The summed E-state index contributed by atoms with van der Waals surface area (Å²) in [6.07, 6.45) is 5.32. The van der Waals surface area contributed by atoms with Crippen molar-refractivity contribution < 1.29 is 4.79 Å². The Hall–Kier alpha value is -2.84. The SMILES string of the molecule is CN=C(NCc1ccnn1C)N1CCN(c2cnn(C)c2)C(=O)C1. The first-order valence-electron chi connectivity index (χ1n) is 7.80. The summed E-state index contributed by atoms with van der Waals surface area (Å²) in [5.41, 5.74) is 1.89. The Morgan fingerprint density at radius 1 is 1.33 bits per heavy atom. The molecule has 0 atom stereocenters. The summed E-state index contributed by atoms with van der Waals surface area (Å²) in [5.74, 6) is 0.758. The van der Waals surface area contributed by atoms with Gasteiger partial charge in [0.1, 0.15) is 6.54 Å². The molecule has 0 radical (unpaired) electrons. The van der Waals surface area contributed by atoms with Crippen molar-refractivity contribution in [3.05, 3.63) is 30.4 Å². The molecule has 1 saturated heterocycles. The molecular weight excluding hydrogens is 308 g/mol. The predicted octanol–water partition coefficient (Wildman–Crippen LogP) is -0.422. The number of nitrogens with one attached hydrogen (secondary N) is 1. The second-order valence-electron chi connectivity index (χ2n) is 5.69. The number of aromatic nitrogens is 4. The van der Waals surface area contributed by atoms with Crippen LogP contribution < -0.4 is 10.2 Å². The van der Waals surface area contributed by atoms with Crippen molar-refractivity contribution in [2.45, 2.75) is 6.54 Å². The molecule has 9 nitrogen and oxygen atoms in total. The molecule has 24 heavy (non-hydrogen) atoms. The molecule has 0 unspecified atom stereocenters. The zero-order chi connectivity index (χ0) is 17.1. The van der Waals surface area contributed by atoms with Crippen LogP contribution in [0.3, 0.4) is 0 Å². The van der Waals surface area contributed by atoms with E-state index in [0.717, 1.165) is 17.3 Å². The van der Waals surface area contributed by atoms with Gasteiger partial charge in [-0.25, -0.2) is 0 Å². The largest absolute Gasteiger partial charge is 0.351 e. The Morgan fingerprint density at radius 3 is 2.75 bits per heavy atom. The van der Waals surface area contributed by atoms with Crippen molar-refractivity contribution in [2.75, 3.05) is 31.6 Å². The number of hydrogen-bond acceptors (Lipinski definition) is 4. The van der Waals surface area contributed by atoms with Crippen LogP contribution in [0.15, 0.2) is 29.6 Å². The van der Waals surface area contributed by atoms with Gasteiger partial charge in [-0.3, -0.25) is 19.2 Å². The van der Waals surface area contributed by atoms with Gasteiger partial charge in [-0.15, -0.1) is 0 Å². The highest BCUT2D eigenvalue weighted by atomic mass is 16.2. The highest BCUT2D eigenvalue weighted by Gasteiger charge is 2.27. The van der Waals surface area contributed by atoms with Crippen LogP contribution in [-0.2, 0) is 25.4 Å². The quantitative estimate of drug-likeness (QED) is 0.610. The van der Waals surface area contributed by atoms with Gasteiger partial charge in [0.25, 0.3) is 0 Å². The predicted molar refractivity (Wildman–Crippen MR) is 90.5 cm³/mol. The Bertz CT molecular complexity index is 746. The van der Waals surface area contributed by atoms with Gasteiger partial charge in [0.2, 0.25) is 5.91 Å². The molecule has 0 aliphatic carbocycles. The first kappa shape index (κ1) is 16.0. The Labute approximate surface area is 140 Å². The molecule has 2 aromatic heterocycles. The number of amides is 1. The maximum absolute atomic E-state index is 12.5. The highest BCUT2D eigenvalue weighted by molar-refractivity contribution is 5.98. The van der Waals surface area contributed by atoms with Crippen LogP contribution in [0, 0.1) is 0 Å². The average molecular weight is 330 g/mol. The molecule has 1 fully saturated rings. The lowest BCUT2D eigenvalue weighted by Gasteiger charge is -2.35. The van der Waals surface area contributed by atoms with E-state index in [2.05, 4.69) is 20.5 Å². The van der Waals surface area contributed by atoms with Crippen LogP contribution >= 0.6 is 0 Å². The molecule has 3 rings (SSSR count). The van der Waals surface area contributed by atoms with E-state index in [9.17, 15) is 4.79 Å². The fraction of sp³-hybridized carbons (Fsp3) is 0.467. The van der Waals surface area contributed by atoms with Crippen molar-refractivity contribution in [2.24, 2.45) is 19.1 Å². The van der Waals surface area contributed by atoms with Crippen molar-refractivity contribution >= 4 is 17.6 Å². The van der Waals surface area contributed by atoms with Crippen molar-refractivity contribution in [1.82, 2.24) is 29.8 Å². The van der Waals surface area contributed by atoms with Crippen molar-refractivity contribution in [3.8, 4) is 0 Å². The van der Waals surface area contributed by atoms with E-state index in [1.807, 2.05) is 35.9 Å². The second-order valence-corrected chi connectivity index (χ2v) is 5.69. The zero-order valence-corrected chi connectivity index (χ0v) is 14.2. The van der Waals surface area contributed by atoms with Gasteiger partial charge >= 0.3 is 0 Å². The molecule has 0 aromatic carbocycles. The zero-order valence-electron chi connectivity index (χ0n) is 14.2. The molecule has 2 aromatic rings. The van der Waals surface area contributed by atoms with Crippen LogP contribution in [0.25, 0.3) is 0 Å². The third-order valence-electron chi connectivity index (χ3n) is 4.09. The number of rotatable bonds is 3. The topological polar surface area (TPSA) is 83.6 Å². The molecular formula is C15H22N8O. The molecule has 0 spiro atoms. The van der Waals surface area contributed by atoms with E-state index in [1.165, 1.54) is 0 Å². The monoisotopic (exact) mass is 330 g/mol. The third kappa shape index (κ3) is 3.24. The lowest BCUT2D eigenvalue weighted by atomic mass is 10.3. The smallest absolute Gasteiger partial charge is 0.246 e. The number of nitrogens with zero attached hydrogens (tertiary/aromatic N) is 7. The Balaban J connectivity index is 1.61. The van der Waals surface area contributed by atoms with Crippen molar-refractivity contribution in [3.63, 3.8) is 0 Å². The minimum absolute atomic E-state index is 0.0396. The van der Waals surface area contributed by atoms with Gasteiger partial charge < -0.3 is 15.1 Å². The van der Waals surface area contributed by atoms with E-state index in [0.29, 0.717) is 26.2 Å². The van der Waals surface area contributed by atoms with E-state index in [-0.39, 0.29) is 5.91 Å². The molecule has 128 valence electrons. The maximum Gasteiger partial charge on any atom is 0.246 e. The fourth-order valence-electron chi connectivity index (χ4n) is 2.75. The number of aliphatic imine (C=N–C) groups is 1. The van der Waals surface area contributed by atoms with Gasteiger partial charge in [0, 0.05) is 46.6 Å². The lowest BCUT2D eigenvalue weighted by molar-refractivity contribution is -0.120. The fourth-order valence-corrected chi connectivity index (χ4v) is 2.75. The standard InChI is InChI=1S/C15H22N8O/c1-16-15(17-8-12-4-5-18-21(12)3)22-6-7-23(14(24)11-22)13-9-19-20(2)10-13/h4-5,9-10H,6-8,11H2,1-3H3,(H,16,17). The number of aryl methyl sites for hydroxylation is 2. The lowest BCUT2D eigenvalue weighted by Crippen LogP contribution is -2.55.